The highest BCUT2D eigenvalue weighted by Crippen LogP contribution is 2.48. The van der Waals surface area contributed by atoms with E-state index in [1.165, 1.54) is 12.1 Å². The van der Waals surface area contributed by atoms with Crippen molar-refractivity contribution in [2.75, 3.05) is 10.2 Å². The highest BCUT2D eigenvalue weighted by Gasteiger charge is 2.45. The van der Waals surface area contributed by atoms with E-state index in [0.29, 0.717) is 34.0 Å². The van der Waals surface area contributed by atoms with Crippen molar-refractivity contribution in [3.63, 3.8) is 0 Å². The van der Waals surface area contributed by atoms with Crippen molar-refractivity contribution in [2.24, 2.45) is 5.92 Å². The number of nitrogens with zero attached hydrogens (tertiary/aromatic N) is 2. The number of furan rings is 1. The molecule has 38 heavy (non-hydrogen) atoms. The third kappa shape index (κ3) is 4.06. The topological polar surface area (TPSA) is 106 Å². The van der Waals surface area contributed by atoms with E-state index in [4.69, 9.17) is 4.42 Å². The number of Topliss-reactive ketones (excluding diaryl/α,β-unsaturated/α-hetero) is 1. The highest BCUT2D eigenvalue weighted by atomic mass is 16.6. The van der Waals surface area contributed by atoms with Gasteiger partial charge in [-0.2, -0.15) is 0 Å². The van der Waals surface area contributed by atoms with Crippen LogP contribution in [0.1, 0.15) is 40.1 Å². The minimum atomic E-state index is -0.824. The lowest BCUT2D eigenvalue weighted by atomic mass is 9.77. The van der Waals surface area contributed by atoms with Crippen molar-refractivity contribution in [2.45, 2.75) is 18.4 Å². The van der Waals surface area contributed by atoms with E-state index in [2.05, 4.69) is 5.32 Å². The first kappa shape index (κ1) is 23.4. The van der Waals surface area contributed by atoms with E-state index in [9.17, 15) is 19.7 Å². The average molecular weight is 506 g/mol. The maximum atomic E-state index is 14.2. The molecule has 1 amide bonds. The Morgan fingerprint density at radius 2 is 1.76 bits per heavy atom. The molecule has 3 aromatic carbocycles. The van der Waals surface area contributed by atoms with Crippen LogP contribution in [0.2, 0.25) is 0 Å². The third-order valence-corrected chi connectivity index (χ3v) is 7.09. The largest absolute Gasteiger partial charge is 0.469 e. The number of benzene rings is 3. The molecular formula is C30H23N3O5. The molecule has 3 atom stereocenters. The van der Waals surface area contributed by atoms with Crippen molar-refractivity contribution in [1.29, 1.82) is 0 Å². The smallest absolute Gasteiger partial charge is 0.269 e. The number of carbonyl (C=O) groups excluding carboxylic acids is 2. The summed E-state index contributed by atoms with van der Waals surface area (Å²) in [6.07, 6.45) is 3.73. The van der Waals surface area contributed by atoms with Crippen LogP contribution in [0.3, 0.4) is 0 Å². The second kappa shape index (κ2) is 9.48. The Kier molecular flexibility index (Phi) is 5.84. The van der Waals surface area contributed by atoms with Crippen LogP contribution < -0.4 is 10.2 Å². The molecule has 0 spiro atoms. The maximum absolute atomic E-state index is 14.2. The fraction of sp³-hybridized carbons (Fsp3) is 0.133. The number of ketones is 1. The number of non-ortho nitro benzene ring substituents is 1. The number of nitro groups is 1. The molecule has 1 aliphatic heterocycles. The van der Waals surface area contributed by atoms with Crippen LogP contribution >= 0.6 is 0 Å². The molecule has 188 valence electrons. The SMILES string of the molecule is O=C1CC(c2ccco2)C=C2Nc3ccccc3N(C(=O)c3ccccc3)C(c3cccc([N+](=O)[O-])c3)C12. The lowest BCUT2D eigenvalue weighted by molar-refractivity contribution is -0.384. The number of amides is 1. The lowest BCUT2D eigenvalue weighted by Crippen LogP contribution is -2.42. The van der Waals surface area contributed by atoms with Gasteiger partial charge in [-0.25, -0.2) is 0 Å². The summed E-state index contributed by atoms with van der Waals surface area (Å²) >= 11 is 0. The molecule has 0 bridgehead atoms. The normalized spacial score (nSPS) is 20.4. The second-order valence-electron chi connectivity index (χ2n) is 9.37. The van der Waals surface area contributed by atoms with Gasteiger partial charge in [-0.05, 0) is 42.0 Å². The molecule has 2 aliphatic rings. The Balaban J connectivity index is 1.59. The predicted octanol–water partition coefficient (Wildman–Crippen LogP) is 6.26. The van der Waals surface area contributed by atoms with E-state index in [-0.39, 0.29) is 29.7 Å². The van der Waals surface area contributed by atoms with E-state index in [1.807, 2.05) is 42.5 Å². The number of rotatable bonds is 4. The second-order valence-corrected chi connectivity index (χ2v) is 9.37. The zero-order valence-electron chi connectivity index (χ0n) is 20.2. The Bertz CT molecular complexity index is 1560. The zero-order valence-corrected chi connectivity index (χ0v) is 20.2. The Hall–Kier alpha value is -4.98. The van der Waals surface area contributed by atoms with Crippen LogP contribution in [-0.4, -0.2) is 16.6 Å². The number of nitro benzene ring substituents is 1. The molecule has 0 saturated heterocycles. The molecule has 1 aromatic heterocycles. The molecule has 8 heteroatoms. The molecule has 8 nitrogen and oxygen atoms in total. The Morgan fingerprint density at radius 3 is 2.53 bits per heavy atom. The molecule has 1 N–H and O–H groups in total. The molecule has 2 heterocycles. The van der Waals surface area contributed by atoms with Gasteiger partial charge in [0.15, 0.2) is 0 Å². The van der Waals surface area contributed by atoms with Crippen molar-refractivity contribution in [3.05, 3.63) is 136 Å². The van der Waals surface area contributed by atoms with Gasteiger partial charge in [0.05, 0.1) is 34.5 Å². The van der Waals surface area contributed by atoms with Crippen LogP contribution in [0.15, 0.2) is 113 Å². The first-order chi connectivity index (χ1) is 18.5. The number of fused-ring (bicyclic) bond motifs is 2. The van der Waals surface area contributed by atoms with Crippen LogP contribution in [0, 0.1) is 16.0 Å². The zero-order chi connectivity index (χ0) is 26.2. The molecule has 6 rings (SSSR count). The van der Waals surface area contributed by atoms with E-state index >= 15 is 0 Å². The molecule has 4 aromatic rings. The summed E-state index contributed by atoms with van der Waals surface area (Å²) < 4.78 is 5.61. The van der Waals surface area contributed by atoms with Gasteiger partial charge in [0.2, 0.25) is 0 Å². The molecule has 1 aliphatic carbocycles. The van der Waals surface area contributed by atoms with E-state index < -0.39 is 16.9 Å². The summed E-state index contributed by atoms with van der Waals surface area (Å²) in [5, 5.41) is 15.1. The quantitative estimate of drug-likeness (QED) is 0.259. The molecule has 0 saturated carbocycles. The van der Waals surface area contributed by atoms with Crippen LogP contribution in [0.4, 0.5) is 17.1 Å². The minimum absolute atomic E-state index is 0.0911. The van der Waals surface area contributed by atoms with Crippen molar-refractivity contribution >= 4 is 28.8 Å². The molecular weight excluding hydrogens is 482 g/mol. The van der Waals surface area contributed by atoms with Gasteiger partial charge >= 0.3 is 0 Å². The number of anilines is 2. The van der Waals surface area contributed by atoms with Crippen molar-refractivity contribution in [1.82, 2.24) is 0 Å². The molecule has 3 unspecified atom stereocenters. The van der Waals surface area contributed by atoms with Gasteiger partial charge in [0.1, 0.15) is 11.5 Å². The number of carbonyl (C=O) groups is 2. The van der Waals surface area contributed by atoms with Crippen molar-refractivity contribution < 1.29 is 18.9 Å². The van der Waals surface area contributed by atoms with Gasteiger partial charge < -0.3 is 9.73 Å². The maximum Gasteiger partial charge on any atom is 0.269 e. The van der Waals surface area contributed by atoms with Gasteiger partial charge in [-0.3, -0.25) is 24.6 Å². The van der Waals surface area contributed by atoms with Crippen LogP contribution in [-0.2, 0) is 4.79 Å². The summed E-state index contributed by atoms with van der Waals surface area (Å²) in [7, 11) is 0. The standard InChI is InChI=1S/C30H23N3O5/c34-26-18-21(27-14-7-15-38-27)17-24-28(26)29(20-10-6-11-22(16-20)33(36)37)32(25-13-5-4-12-23(25)31-24)30(35)19-8-2-1-3-9-19/h1-17,21,28-29,31H,18H2. The molecule has 0 radical (unpaired) electrons. The van der Waals surface area contributed by atoms with Gasteiger partial charge in [-0.1, -0.05) is 48.5 Å². The fourth-order valence-electron chi connectivity index (χ4n) is 5.41. The van der Waals surface area contributed by atoms with Gasteiger partial charge in [0, 0.05) is 35.7 Å². The Labute approximate surface area is 218 Å². The number of nitrogens with one attached hydrogen (secondary N) is 1. The molecule has 0 fully saturated rings. The fourth-order valence-corrected chi connectivity index (χ4v) is 5.41. The van der Waals surface area contributed by atoms with E-state index in [0.717, 1.165) is 0 Å². The number of para-hydroxylation sites is 2. The monoisotopic (exact) mass is 505 g/mol. The summed E-state index contributed by atoms with van der Waals surface area (Å²) in [5.74, 6) is -0.772. The average Bonchev–Trinajstić information content (AvgIpc) is 3.43. The van der Waals surface area contributed by atoms with Crippen LogP contribution in [0.5, 0.6) is 0 Å². The summed E-state index contributed by atoms with van der Waals surface area (Å²) in [6.45, 7) is 0. The van der Waals surface area contributed by atoms with Gasteiger partial charge in [-0.15, -0.1) is 0 Å². The number of allylic oxidation sites excluding steroid dienone is 1. The number of hydrogen-bond acceptors (Lipinski definition) is 6. The lowest BCUT2D eigenvalue weighted by Gasteiger charge is -2.37. The van der Waals surface area contributed by atoms with Gasteiger partial charge in [0.25, 0.3) is 11.6 Å². The highest BCUT2D eigenvalue weighted by molar-refractivity contribution is 6.09. The summed E-state index contributed by atoms with van der Waals surface area (Å²) in [5.41, 5.74) is 2.71. The number of hydrogen-bond donors (Lipinski definition) is 1. The first-order valence-electron chi connectivity index (χ1n) is 12.3. The predicted molar refractivity (Wildman–Crippen MR) is 142 cm³/mol. The van der Waals surface area contributed by atoms with Crippen LogP contribution in [0.25, 0.3) is 0 Å². The Morgan fingerprint density at radius 1 is 0.974 bits per heavy atom. The summed E-state index contributed by atoms with van der Waals surface area (Å²) in [6, 6.07) is 25.2. The minimum Gasteiger partial charge on any atom is -0.469 e. The summed E-state index contributed by atoms with van der Waals surface area (Å²) in [4.78, 5) is 40.9. The van der Waals surface area contributed by atoms with Crippen molar-refractivity contribution in [3.8, 4) is 0 Å². The third-order valence-electron chi connectivity index (χ3n) is 7.09. The van der Waals surface area contributed by atoms with E-state index in [1.54, 1.807) is 53.6 Å². The first-order valence-corrected chi connectivity index (χ1v) is 12.3.